The summed E-state index contributed by atoms with van der Waals surface area (Å²) in [5, 5.41) is 8.68. The van der Waals surface area contributed by atoms with Crippen molar-refractivity contribution in [1.29, 1.82) is 5.26 Å². The van der Waals surface area contributed by atoms with E-state index in [0.717, 1.165) is 0 Å². The van der Waals surface area contributed by atoms with Gasteiger partial charge in [-0.2, -0.15) is 9.15 Å². The molecule has 0 radical (unpaired) electrons. The van der Waals surface area contributed by atoms with Crippen LogP contribution in [0.5, 0.6) is 0 Å². The van der Waals surface area contributed by atoms with E-state index in [1.54, 1.807) is 24.3 Å². The van der Waals surface area contributed by atoms with E-state index in [1.807, 2.05) is 6.07 Å². The molecule has 3 heteroatoms. The number of rotatable bonds is 1. The van der Waals surface area contributed by atoms with Crippen molar-refractivity contribution < 1.29 is 3.89 Å². The number of benzene rings is 1. The Bertz CT molecular complexity index is 322. The van der Waals surface area contributed by atoms with Gasteiger partial charge in [-0.05, 0) is 24.6 Å². The summed E-state index contributed by atoms with van der Waals surface area (Å²) in [7, 11) is -2.27. The highest BCUT2D eigenvalue weighted by molar-refractivity contribution is 8.28. The van der Waals surface area contributed by atoms with Crippen LogP contribution in [0.2, 0.25) is 0 Å². The minimum absolute atomic E-state index is 0.444. The van der Waals surface area contributed by atoms with Crippen molar-refractivity contribution in [3.63, 3.8) is 0 Å². The van der Waals surface area contributed by atoms with Gasteiger partial charge in [0, 0.05) is 4.90 Å². The summed E-state index contributed by atoms with van der Waals surface area (Å²) in [6, 6.07) is 8.80. The Morgan fingerprint density at radius 1 is 1.33 bits per heavy atom. The van der Waals surface area contributed by atoms with Gasteiger partial charge in [0.1, 0.15) is 6.07 Å². The fraction of sp³-hybridized carbons (Fsp3) is 0.222. The third kappa shape index (κ3) is 1.77. The van der Waals surface area contributed by atoms with Gasteiger partial charge in [-0.15, -0.1) is 0 Å². The minimum atomic E-state index is -2.27. The van der Waals surface area contributed by atoms with Gasteiger partial charge >= 0.3 is 0 Å². The van der Waals surface area contributed by atoms with E-state index in [-0.39, 0.29) is 0 Å². The molecule has 64 valence electrons. The van der Waals surface area contributed by atoms with Gasteiger partial charge in [0.25, 0.3) is 0 Å². The largest absolute Gasteiger partial charge is 0.192 e. The summed E-state index contributed by atoms with van der Waals surface area (Å²) in [5.41, 5.74) is 0.444. The Labute approximate surface area is 73.4 Å². The summed E-state index contributed by atoms with van der Waals surface area (Å²) in [6.45, 7) is 0. The van der Waals surface area contributed by atoms with Crippen LogP contribution in [0, 0.1) is 11.3 Å². The van der Waals surface area contributed by atoms with Crippen molar-refractivity contribution >= 4 is 10.4 Å². The molecule has 0 atom stereocenters. The molecule has 1 aromatic carbocycles. The average Bonchev–Trinajstić information content (AvgIpc) is 2.03. The average molecular weight is 183 g/mol. The first-order chi connectivity index (χ1) is 5.55. The second-order valence-corrected chi connectivity index (χ2v) is 5.65. The van der Waals surface area contributed by atoms with Crippen LogP contribution in [0.1, 0.15) is 5.56 Å². The van der Waals surface area contributed by atoms with Gasteiger partial charge in [-0.3, -0.25) is 0 Å². The Morgan fingerprint density at radius 3 is 2.33 bits per heavy atom. The lowest BCUT2D eigenvalue weighted by molar-refractivity contribution is 0.897. The van der Waals surface area contributed by atoms with Crippen molar-refractivity contribution in [2.24, 2.45) is 0 Å². The molecular formula is C9H10FNS. The van der Waals surface area contributed by atoms with Gasteiger partial charge in [-0.1, -0.05) is 22.5 Å². The van der Waals surface area contributed by atoms with Crippen molar-refractivity contribution in [2.45, 2.75) is 4.90 Å². The quantitative estimate of drug-likeness (QED) is 0.656. The molecule has 0 unspecified atom stereocenters. The van der Waals surface area contributed by atoms with Crippen molar-refractivity contribution in [2.75, 3.05) is 12.5 Å². The third-order valence-corrected chi connectivity index (χ3v) is 2.93. The summed E-state index contributed by atoms with van der Waals surface area (Å²) in [4.78, 5) is 0.535. The van der Waals surface area contributed by atoms with Crippen LogP contribution >= 0.6 is 10.4 Å². The van der Waals surface area contributed by atoms with Crippen LogP contribution in [0.15, 0.2) is 29.2 Å². The molecule has 0 spiro atoms. The molecule has 0 heterocycles. The number of nitrogens with zero attached hydrogens (tertiary/aromatic N) is 1. The predicted octanol–water partition coefficient (Wildman–Crippen LogP) is 2.87. The Balaban J connectivity index is 3.26. The lowest BCUT2D eigenvalue weighted by Gasteiger charge is -2.20. The van der Waals surface area contributed by atoms with E-state index in [0.29, 0.717) is 10.5 Å². The predicted molar refractivity (Wildman–Crippen MR) is 50.0 cm³/mol. The van der Waals surface area contributed by atoms with Crippen molar-refractivity contribution in [1.82, 2.24) is 0 Å². The molecule has 0 aliphatic carbocycles. The molecule has 0 amide bonds. The van der Waals surface area contributed by atoms with Crippen LogP contribution in [-0.2, 0) is 0 Å². The monoisotopic (exact) mass is 183 g/mol. The van der Waals surface area contributed by atoms with Crippen molar-refractivity contribution in [3.8, 4) is 6.07 Å². The van der Waals surface area contributed by atoms with Gasteiger partial charge in [0.05, 0.1) is 5.56 Å². The summed E-state index contributed by atoms with van der Waals surface area (Å²) in [6.07, 6.45) is 3.06. The zero-order valence-corrected chi connectivity index (χ0v) is 7.86. The van der Waals surface area contributed by atoms with Gasteiger partial charge in [0.2, 0.25) is 0 Å². The Kier molecular flexibility index (Phi) is 2.39. The van der Waals surface area contributed by atoms with Crippen LogP contribution in [0.25, 0.3) is 0 Å². The summed E-state index contributed by atoms with van der Waals surface area (Å²) in [5.74, 6) is 0. The first-order valence-electron chi connectivity index (χ1n) is 3.48. The van der Waals surface area contributed by atoms with Crippen molar-refractivity contribution in [3.05, 3.63) is 29.8 Å². The third-order valence-electron chi connectivity index (χ3n) is 1.53. The zero-order chi connectivity index (χ0) is 9.19. The second-order valence-electron chi connectivity index (χ2n) is 2.81. The van der Waals surface area contributed by atoms with Gasteiger partial charge in [-0.25, -0.2) is 0 Å². The Morgan fingerprint density at radius 2 is 1.92 bits per heavy atom. The van der Waals surface area contributed by atoms with Crippen LogP contribution in [0.4, 0.5) is 3.89 Å². The number of hydrogen-bond donors (Lipinski definition) is 0. The SMILES string of the molecule is CS(C)(F)c1ccccc1C#N. The standard InChI is InChI=1S/C9H10FNS/c1-12(2,10)9-6-4-3-5-8(9)7-11/h3-6H,1-2H3. The highest BCUT2D eigenvalue weighted by Gasteiger charge is 2.16. The lowest BCUT2D eigenvalue weighted by atomic mass is 10.2. The highest BCUT2D eigenvalue weighted by atomic mass is 32.3. The molecular weight excluding hydrogens is 173 g/mol. The van der Waals surface area contributed by atoms with Gasteiger partial charge < -0.3 is 0 Å². The highest BCUT2D eigenvalue weighted by Crippen LogP contribution is 2.51. The molecule has 1 aromatic rings. The minimum Gasteiger partial charge on any atom is -0.192 e. The fourth-order valence-corrected chi connectivity index (χ4v) is 2.02. The molecule has 0 saturated carbocycles. The molecule has 12 heavy (non-hydrogen) atoms. The molecule has 0 saturated heterocycles. The number of nitriles is 1. The number of hydrogen-bond acceptors (Lipinski definition) is 1. The van der Waals surface area contributed by atoms with E-state index >= 15 is 0 Å². The zero-order valence-electron chi connectivity index (χ0n) is 7.04. The van der Waals surface area contributed by atoms with E-state index in [4.69, 9.17) is 5.26 Å². The molecule has 1 nitrogen and oxygen atoms in total. The van der Waals surface area contributed by atoms with Crippen LogP contribution in [0.3, 0.4) is 0 Å². The normalized spacial score (nSPS) is 12.2. The molecule has 0 N–H and O–H groups in total. The molecule has 1 rings (SSSR count). The first kappa shape index (κ1) is 9.08. The summed E-state index contributed by atoms with van der Waals surface area (Å²) < 4.78 is 13.5. The van der Waals surface area contributed by atoms with E-state index in [1.165, 1.54) is 12.5 Å². The lowest BCUT2D eigenvalue weighted by Crippen LogP contribution is -1.91. The summed E-state index contributed by atoms with van der Waals surface area (Å²) >= 11 is 0. The first-order valence-corrected chi connectivity index (χ1v) is 5.83. The molecule has 0 bridgehead atoms. The molecule has 0 aliphatic heterocycles. The second kappa shape index (κ2) is 3.16. The van der Waals surface area contributed by atoms with E-state index in [2.05, 4.69) is 0 Å². The van der Waals surface area contributed by atoms with E-state index in [9.17, 15) is 3.89 Å². The maximum absolute atomic E-state index is 13.5. The molecule has 0 fully saturated rings. The smallest absolute Gasteiger partial charge is 0.100 e. The van der Waals surface area contributed by atoms with Crippen LogP contribution in [-0.4, -0.2) is 12.5 Å². The van der Waals surface area contributed by atoms with Crippen LogP contribution < -0.4 is 0 Å². The maximum atomic E-state index is 13.5. The Hall–Kier alpha value is -1.01. The fourth-order valence-electron chi connectivity index (χ4n) is 0.982. The van der Waals surface area contributed by atoms with Gasteiger partial charge in [0.15, 0.2) is 0 Å². The maximum Gasteiger partial charge on any atom is 0.100 e. The molecule has 0 aliphatic rings. The van der Waals surface area contributed by atoms with E-state index < -0.39 is 10.4 Å². The molecule has 0 aromatic heterocycles. The number of halogens is 1. The topological polar surface area (TPSA) is 23.8 Å².